The minimum Gasteiger partial charge on any atom is -0.423 e. The normalized spacial score (nSPS) is 10.1. The monoisotopic (exact) mass is 334 g/mol. The van der Waals surface area contributed by atoms with Gasteiger partial charge in [-0.15, -0.1) is 0 Å². The molecule has 0 saturated heterocycles. The first-order valence-corrected chi connectivity index (χ1v) is 7.31. The van der Waals surface area contributed by atoms with Crippen LogP contribution in [0.3, 0.4) is 0 Å². The number of anilines is 1. The molecule has 0 saturated carbocycles. The molecule has 0 fully saturated rings. The van der Waals surface area contributed by atoms with Gasteiger partial charge in [-0.2, -0.15) is 0 Å². The van der Waals surface area contributed by atoms with Gasteiger partial charge in [0.15, 0.2) is 11.6 Å². The van der Waals surface area contributed by atoms with E-state index in [9.17, 15) is 18.4 Å². The van der Waals surface area contributed by atoms with Crippen molar-refractivity contribution in [2.24, 2.45) is 0 Å². The summed E-state index contributed by atoms with van der Waals surface area (Å²) in [6.07, 6.45) is 0.805. The molecule has 0 aliphatic heterocycles. The molecule has 0 radical (unpaired) electrons. The van der Waals surface area contributed by atoms with Crippen molar-refractivity contribution in [3.05, 3.63) is 59.7 Å². The van der Waals surface area contributed by atoms with E-state index in [2.05, 4.69) is 10.6 Å². The molecule has 0 spiro atoms. The molecule has 2 N–H and O–H groups in total. The van der Waals surface area contributed by atoms with Crippen LogP contribution in [-0.2, 0) is 0 Å². The SMILES string of the molecule is CCCNC(=O)Nc1cccc(OC(=O)c2ccc(F)c(F)c2)c1. The van der Waals surface area contributed by atoms with Crippen LogP contribution in [0.1, 0.15) is 23.7 Å². The average Bonchev–Trinajstić information content (AvgIpc) is 2.55. The lowest BCUT2D eigenvalue weighted by Gasteiger charge is -2.09. The standard InChI is InChI=1S/C17H16F2N2O3/c1-2-8-20-17(23)21-12-4-3-5-13(10-12)24-16(22)11-6-7-14(18)15(19)9-11/h3-7,9-10H,2,8H2,1H3,(H2,20,21,23). The van der Waals surface area contributed by atoms with Crippen molar-refractivity contribution in [3.8, 4) is 5.75 Å². The van der Waals surface area contributed by atoms with Crippen molar-refractivity contribution in [1.82, 2.24) is 5.32 Å². The van der Waals surface area contributed by atoms with Gasteiger partial charge in [0.2, 0.25) is 0 Å². The molecule has 2 rings (SSSR count). The van der Waals surface area contributed by atoms with Gasteiger partial charge in [0.05, 0.1) is 5.56 Å². The largest absolute Gasteiger partial charge is 0.423 e. The molecule has 0 atom stereocenters. The first-order valence-electron chi connectivity index (χ1n) is 7.31. The lowest BCUT2D eigenvalue weighted by molar-refractivity contribution is 0.0734. The third kappa shape index (κ3) is 4.77. The van der Waals surface area contributed by atoms with Gasteiger partial charge in [-0.05, 0) is 36.8 Å². The van der Waals surface area contributed by atoms with E-state index in [4.69, 9.17) is 4.74 Å². The summed E-state index contributed by atoms with van der Waals surface area (Å²) in [5.41, 5.74) is 0.312. The summed E-state index contributed by atoms with van der Waals surface area (Å²) in [5.74, 6) is -2.84. The predicted molar refractivity (Wildman–Crippen MR) is 85.1 cm³/mol. The topological polar surface area (TPSA) is 67.4 Å². The van der Waals surface area contributed by atoms with Crippen molar-refractivity contribution in [2.75, 3.05) is 11.9 Å². The van der Waals surface area contributed by atoms with E-state index in [1.807, 2.05) is 6.92 Å². The van der Waals surface area contributed by atoms with E-state index in [0.29, 0.717) is 12.2 Å². The third-order valence-electron chi connectivity index (χ3n) is 2.99. The Morgan fingerprint density at radius 3 is 2.58 bits per heavy atom. The lowest BCUT2D eigenvalue weighted by atomic mass is 10.2. The van der Waals surface area contributed by atoms with E-state index in [0.717, 1.165) is 24.6 Å². The first-order chi connectivity index (χ1) is 11.5. The highest BCUT2D eigenvalue weighted by Crippen LogP contribution is 2.19. The van der Waals surface area contributed by atoms with Gasteiger partial charge >= 0.3 is 12.0 Å². The van der Waals surface area contributed by atoms with Crippen LogP contribution in [0, 0.1) is 11.6 Å². The van der Waals surface area contributed by atoms with Crippen molar-refractivity contribution in [2.45, 2.75) is 13.3 Å². The number of hydrogen-bond acceptors (Lipinski definition) is 3. The second-order valence-electron chi connectivity index (χ2n) is 4.93. The molecule has 2 aromatic rings. The number of urea groups is 1. The van der Waals surface area contributed by atoms with Crippen LogP contribution in [0.25, 0.3) is 0 Å². The van der Waals surface area contributed by atoms with Gasteiger partial charge in [-0.25, -0.2) is 18.4 Å². The summed E-state index contributed by atoms with van der Waals surface area (Å²) in [4.78, 5) is 23.5. The average molecular weight is 334 g/mol. The highest BCUT2D eigenvalue weighted by Gasteiger charge is 2.12. The van der Waals surface area contributed by atoms with Crippen LogP contribution in [0.15, 0.2) is 42.5 Å². The van der Waals surface area contributed by atoms with E-state index >= 15 is 0 Å². The molecular weight excluding hydrogens is 318 g/mol. The van der Waals surface area contributed by atoms with Gasteiger partial charge < -0.3 is 15.4 Å². The Labute approximate surface area is 137 Å². The Morgan fingerprint density at radius 2 is 1.88 bits per heavy atom. The smallest absolute Gasteiger partial charge is 0.343 e. The second kappa shape index (κ2) is 8.05. The third-order valence-corrected chi connectivity index (χ3v) is 2.99. The molecule has 0 aliphatic carbocycles. The van der Waals surface area contributed by atoms with Gasteiger partial charge in [0.25, 0.3) is 0 Å². The molecule has 0 aromatic heterocycles. The quantitative estimate of drug-likeness (QED) is 0.647. The van der Waals surface area contributed by atoms with Gasteiger partial charge in [0.1, 0.15) is 5.75 Å². The molecule has 7 heteroatoms. The number of carbonyl (C=O) groups is 2. The fraction of sp³-hybridized carbons (Fsp3) is 0.176. The summed E-state index contributed by atoms with van der Waals surface area (Å²) < 4.78 is 31.1. The number of halogens is 2. The number of rotatable bonds is 5. The first kappa shape index (κ1) is 17.4. The van der Waals surface area contributed by atoms with Crippen LogP contribution >= 0.6 is 0 Å². The van der Waals surface area contributed by atoms with E-state index in [-0.39, 0.29) is 17.3 Å². The van der Waals surface area contributed by atoms with Crippen molar-refractivity contribution in [3.63, 3.8) is 0 Å². The highest BCUT2D eigenvalue weighted by atomic mass is 19.2. The summed E-state index contributed by atoms with van der Waals surface area (Å²) >= 11 is 0. The van der Waals surface area contributed by atoms with E-state index in [1.54, 1.807) is 12.1 Å². The zero-order valence-electron chi connectivity index (χ0n) is 12.9. The summed E-state index contributed by atoms with van der Waals surface area (Å²) in [7, 11) is 0. The minimum absolute atomic E-state index is 0.118. The second-order valence-corrected chi connectivity index (χ2v) is 4.93. The van der Waals surface area contributed by atoms with Crippen molar-refractivity contribution in [1.29, 1.82) is 0 Å². The number of benzene rings is 2. The maximum absolute atomic E-state index is 13.2. The molecule has 5 nitrogen and oxygen atoms in total. The van der Waals surface area contributed by atoms with Crippen LogP contribution in [-0.4, -0.2) is 18.5 Å². The predicted octanol–water partition coefficient (Wildman–Crippen LogP) is 3.72. The van der Waals surface area contributed by atoms with Crippen LogP contribution in [0.2, 0.25) is 0 Å². The number of amides is 2. The molecule has 0 heterocycles. The van der Waals surface area contributed by atoms with Gasteiger partial charge in [-0.3, -0.25) is 0 Å². The molecule has 24 heavy (non-hydrogen) atoms. The molecule has 2 amide bonds. The zero-order chi connectivity index (χ0) is 17.5. The number of carbonyl (C=O) groups excluding carboxylic acids is 2. The van der Waals surface area contributed by atoms with Crippen molar-refractivity contribution < 1.29 is 23.1 Å². The maximum Gasteiger partial charge on any atom is 0.343 e. The Balaban J connectivity index is 2.04. The number of nitrogens with one attached hydrogen (secondary N) is 2. The molecule has 126 valence electrons. The fourth-order valence-electron chi connectivity index (χ4n) is 1.84. The molecular formula is C17H16F2N2O3. The van der Waals surface area contributed by atoms with E-state index < -0.39 is 17.6 Å². The number of ether oxygens (including phenoxy) is 1. The molecule has 0 aliphatic rings. The van der Waals surface area contributed by atoms with E-state index in [1.165, 1.54) is 12.1 Å². The Hall–Kier alpha value is -2.96. The Morgan fingerprint density at radius 1 is 1.08 bits per heavy atom. The van der Waals surface area contributed by atoms with Gasteiger partial charge in [-0.1, -0.05) is 13.0 Å². The molecule has 0 unspecified atom stereocenters. The fourth-order valence-corrected chi connectivity index (χ4v) is 1.84. The summed E-state index contributed by atoms with van der Waals surface area (Å²) in [5, 5.41) is 5.24. The summed E-state index contributed by atoms with van der Waals surface area (Å²) in [6, 6.07) is 8.53. The molecule has 0 bridgehead atoms. The van der Waals surface area contributed by atoms with Crippen molar-refractivity contribution >= 4 is 17.7 Å². The lowest BCUT2D eigenvalue weighted by Crippen LogP contribution is -2.29. The van der Waals surface area contributed by atoms with Crippen LogP contribution < -0.4 is 15.4 Å². The number of hydrogen-bond donors (Lipinski definition) is 2. The van der Waals surface area contributed by atoms with Crippen LogP contribution in [0.5, 0.6) is 5.75 Å². The Kier molecular flexibility index (Phi) is 5.83. The zero-order valence-corrected chi connectivity index (χ0v) is 12.9. The number of esters is 1. The maximum atomic E-state index is 13.2. The highest BCUT2D eigenvalue weighted by molar-refractivity contribution is 5.92. The summed E-state index contributed by atoms with van der Waals surface area (Å²) in [6.45, 7) is 2.47. The molecule has 2 aromatic carbocycles. The van der Waals surface area contributed by atoms with Crippen LogP contribution in [0.4, 0.5) is 19.3 Å². The minimum atomic E-state index is -1.13. The Bertz CT molecular complexity index is 750. The van der Waals surface area contributed by atoms with Gasteiger partial charge in [0, 0.05) is 18.3 Å².